The number of nitrogens with one attached hydrogen (secondary N) is 1. The molecule has 0 unspecified atom stereocenters. The van der Waals surface area contributed by atoms with Crippen molar-refractivity contribution in [1.29, 1.82) is 0 Å². The highest BCUT2D eigenvalue weighted by Gasteiger charge is 2.59. The highest BCUT2D eigenvalue weighted by Crippen LogP contribution is 2.63. The Morgan fingerprint density at radius 3 is 2.70 bits per heavy atom. The van der Waals surface area contributed by atoms with E-state index >= 15 is 0 Å². The molecule has 5 heteroatoms. The Hall–Kier alpha value is -0.870. The van der Waals surface area contributed by atoms with E-state index in [-0.39, 0.29) is 16.7 Å². The Kier molecular flexibility index (Phi) is 3.22. The number of amides is 1. The lowest BCUT2D eigenvalue weighted by atomic mass is 9.70. The van der Waals surface area contributed by atoms with Crippen LogP contribution in [0.5, 0.6) is 0 Å². The maximum atomic E-state index is 12.0. The number of hydrogen-bond donors (Lipinski definition) is 1. The third-order valence-electron chi connectivity index (χ3n) is 5.60. The van der Waals surface area contributed by atoms with Crippen LogP contribution < -0.4 is 5.43 Å². The molecule has 2 aliphatic rings. The van der Waals surface area contributed by atoms with E-state index in [0.29, 0.717) is 15.1 Å². The molecule has 1 heterocycles. The van der Waals surface area contributed by atoms with Crippen molar-refractivity contribution >= 4 is 34.6 Å². The van der Waals surface area contributed by atoms with Crippen LogP contribution in [-0.4, -0.2) is 11.6 Å². The third kappa shape index (κ3) is 1.92. The van der Waals surface area contributed by atoms with Crippen molar-refractivity contribution in [2.24, 2.45) is 21.8 Å². The molecular weight excluding hydrogens is 292 g/mol. The molecule has 2 aliphatic carbocycles. The Morgan fingerprint density at radius 1 is 1.45 bits per heavy atom. The normalized spacial score (nSPS) is 32.8. The van der Waals surface area contributed by atoms with E-state index in [0.717, 1.165) is 12.1 Å². The maximum Gasteiger partial charge on any atom is 0.281 e. The number of carbonyl (C=O) groups is 1. The van der Waals surface area contributed by atoms with Crippen molar-refractivity contribution in [2.45, 2.75) is 40.0 Å². The van der Waals surface area contributed by atoms with Gasteiger partial charge in [0, 0.05) is 11.1 Å². The highest BCUT2D eigenvalue weighted by atomic mass is 35.5. The summed E-state index contributed by atoms with van der Waals surface area (Å²) in [6.07, 6.45) is 3.45. The summed E-state index contributed by atoms with van der Waals surface area (Å²) in [4.78, 5) is 12.6. The van der Waals surface area contributed by atoms with E-state index in [4.69, 9.17) is 11.6 Å². The molecule has 108 valence electrons. The molecule has 3 nitrogen and oxygen atoms in total. The molecule has 1 amide bonds. The van der Waals surface area contributed by atoms with Crippen molar-refractivity contribution in [3.8, 4) is 0 Å². The molecule has 0 aliphatic heterocycles. The van der Waals surface area contributed by atoms with Crippen LogP contribution in [0.25, 0.3) is 0 Å². The van der Waals surface area contributed by atoms with Crippen molar-refractivity contribution in [3.63, 3.8) is 0 Å². The third-order valence-corrected chi connectivity index (χ3v) is 6.83. The van der Waals surface area contributed by atoms with Crippen molar-refractivity contribution in [2.75, 3.05) is 0 Å². The van der Waals surface area contributed by atoms with Gasteiger partial charge in [-0.1, -0.05) is 32.4 Å². The lowest BCUT2D eigenvalue weighted by Crippen LogP contribution is -2.34. The quantitative estimate of drug-likeness (QED) is 0.811. The minimum atomic E-state index is -0.168. The fourth-order valence-corrected chi connectivity index (χ4v) is 4.64. The summed E-state index contributed by atoms with van der Waals surface area (Å²) in [7, 11) is 0. The van der Waals surface area contributed by atoms with Crippen LogP contribution in [0, 0.1) is 16.7 Å². The van der Waals surface area contributed by atoms with Crippen LogP contribution in [0.2, 0.25) is 4.34 Å². The first-order valence-corrected chi connectivity index (χ1v) is 8.17. The summed E-state index contributed by atoms with van der Waals surface area (Å²) in [6.45, 7) is 6.94. The van der Waals surface area contributed by atoms with Gasteiger partial charge in [-0.2, -0.15) is 5.10 Å². The van der Waals surface area contributed by atoms with Crippen molar-refractivity contribution in [1.82, 2.24) is 5.43 Å². The molecule has 1 aromatic heterocycles. The summed E-state index contributed by atoms with van der Waals surface area (Å²) >= 11 is 7.12. The number of hydrazone groups is 1. The van der Waals surface area contributed by atoms with Crippen molar-refractivity contribution in [3.05, 3.63) is 21.3 Å². The molecular formula is C15H19ClN2OS. The Labute approximate surface area is 128 Å². The molecule has 2 saturated carbocycles. The number of thiophene rings is 1. The fourth-order valence-electron chi connectivity index (χ4n) is 3.71. The van der Waals surface area contributed by atoms with Gasteiger partial charge in [-0.05, 0) is 42.7 Å². The zero-order valence-corrected chi connectivity index (χ0v) is 13.6. The maximum absolute atomic E-state index is 12.0. The monoisotopic (exact) mass is 310 g/mol. The summed E-state index contributed by atoms with van der Waals surface area (Å²) in [5, 5.41) is 4.44. The standard InChI is InChI=1S/C15H19ClN2OS/c1-14(2)9-6-7-15(14,3)11(8-9)17-18-13(19)10-4-5-12(16)20-10/h4-5,9H,6-8H2,1-3H3,(H,18,19)/b17-11+/t9-,15+/m0/s1. The Balaban J connectivity index is 1.77. The van der Waals surface area contributed by atoms with Gasteiger partial charge < -0.3 is 0 Å². The van der Waals surface area contributed by atoms with E-state index in [1.165, 1.54) is 24.2 Å². The first-order valence-electron chi connectivity index (χ1n) is 6.97. The van der Waals surface area contributed by atoms with Crippen molar-refractivity contribution < 1.29 is 4.79 Å². The number of nitrogens with zero attached hydrogens (tertiary/aromatic N) is 1. The van der Waals surface area contributed by atoms with Crippen LogP contribution in [-0.2, 0) is 0 Å². The van der Waals surface area contributed by atoms with Gasteiger partial charge in [-0.25, -0.2) is 5.43 Å². The second-order valence-electron chi connectivity index (χ2n) is 6.60. The first kappa shape index (κ1) is 14.1. The summed E-state index contributed by atoms with van der Waals surface area (Å²) in [6, 6.07) is 3.46. The van der Waals surface area contributed by atoms with Gasteiger partial charge in [0.25, 0.3) is 5.91 Å². The number of carbonyl (C=O) groups excluding carboxylic acids is 1. The van der Waals surface area contributed by atoms with Gasteiger partial charge in [0.15, 0.2) is 0 Å². The smallest absolute Gasteiger partial charge is 0.266 e. The van der Waals surface area contributed by atoms with Crippen LogP contribution in [0.4, 0.5) is 0 Å². The van der Waals surface area contributed by atoms with E-state index in [1.54, 1.807) is 12.1 Å². The first-order chi connectivity index (χ1) is 9.34. The average Bonchev–Trinajstić information content (AvgIpc) is 2.97. The average molecular weight is 311 g/mol. The van der Waals surface area contributed by atoms with Crippen LogP contribution >= 0.6 is 22.9 Å². The largest absolute Gasteiger partial charge is 0.281 e. The predicted octanol–water partition coefficient (Wildman–Crippen LogP) is 4.33. The van der Waals surface area contributed by atoms with Gasteiger partial charge in [0.1, 0.15) is 0 Å². The molecule has 3 rings (SSSR count). The van der Waals surface area contributed by atoms with Crippen LogP contribution in [0.1, 0.15) is 49.7 Å². The Bertz CT molecular complexity index is 592. The van der Waals surface area contributed by atoms with Crippen LogP contribution in [0.15, 0.2) is 17.2 Å². The summed E-state index contributed by atoms with van der Waals surface area (Å²) in [5.74, 6) is 0.526. The van der Waals surface area contributed by atoms with E-state index in [2.05, 4.69) is 31.3 Å². The second-order valence-corrected chi connectivity index (χ2v) is 8.31. The van der Waals surface area contributed by atoms with Gasteiger partial charge in [-0.15, -0.1) is 11.3 Å². The highest BCUT2D eigenvalue weighted by molar-refractivity contribution is 7.17. The molecule has 1 N–H and O–H groups in total. The lowest BCUT2D eigenvalue weighted by molar-refractivity contribution is 0.0958. The summed E-state index contributed by atoms with van der Waals surface area (Å²) in [5.41, 5.74) is 4.25. The Morgan fingerprint density at radius 2 is 2.20 bits per heavy atom. The molecule has 1 aromatic rings. The van der Waals surface area contributed by atoms with E-state index < -0.39 is 0 Å². The molecule has 0 saturated heterocycles. The molecule has 2 fully saturated rings. The molecule has 2 atom stereocenters. The SMILES string of the molecule is CC1(C)[C@H]2CC[C@]1(C)/C(=N/NC(=O)c1ccc(Cl)s1)C2. The van der Waals surface area contributed by atoms with Gasteiger partial charge >= 0.3 is 0 Å². The number of fused-ring (bicyclic) bond motifs is 2. The summed E-state index contributed by atoms with van der Waals surface area (Å²) < 4.78 is 0.621. The van der Waals surface area contributed by atoms with E-state index in [1.807, 2.05) is 0 Å². The molecule has 0 spiro atoms. The predicted molar refractivity (Wildman–Crippen MR) is 83.5 cm³/mol. The number of rotatable bonds is 2. The van der Waals surface area contributed by atoms with E-state index in [9.17, 15) is 4.79 Å². The van der Waals surface area contributed by atoms with Gasteiger partial charge in [0.2, 0.25) is 0 Å². The van der Waals surface area contributed by atoms with Gasteiger partial charge in [-0.3, -0.25) is 4.79 Å². The topological polar surface area (TPSA) is 41.5 Å². The molecule has 20 heavy (non-hydrogen) atoms. The minimum Gasteiger partial charge on any atom is -0.266 e. The number of hydrogen-bond acceptors (Lipinski definition) is 3. The molecule has 0 aromatic carbocycles. The zero-order valence-electron chi connectivity index (χ0n) is 12.0. The number of halogens is 1. The second kappa shape index (κ2) is 4.57. The minimum absolute atomic E-state index is 0.123. The fraction of sp³-hybridized carbons (Fsp3) is 0.600. The lowest BCUT2D eigenvalue weighted by Gasteiger charge is -2.34. The van der Waals surface area contributed by atoms with Gasteiger partial charge in [0.05, 0.1) is 9.21 Å². The zero-order chi connectivity index (χ0) is 14.5. The molecule has 2 bridgehead atoms. The van der Waals surface area contributed by atoms with Crippen LogP contribution in [0.3, 0.4) is 0 Å². The molecule has 0 radical (unpaired) electrons.